The van der Waals surface area contributed by atoms with Crippen LogP contribution in [0.4, 0.5) is 0 Å². The van der Waals surface area contributed by atoms with Crippen LogP contribution in [0.1, 0.15) is 30.4 Å². The van der Waals surface area contributed by atoms with E-state index in [1.165, 1.54) is 10.1 Å². The van der Waals surface area contributed by atoms with Gasteiger partial charge in [-0.05, 0) is 61.5 Å². The summed E-state index contributed by atoms with van der Waals surface area (Å²) < 4.78 is 2.94. The summed E-state index contributed by atoms with van der Waals surface area (Å²) >= 11 is 6.94. The smallest absolute Gasteiger partial charge is 0.299 e. The third kappa shape index (κ3) is 5.31. The zero-order chi connectivity index (χ0) is 20.9. The third-order valence-corrected chi connectivity index (χ3v) is 6.99. The van der Waals surface area contributed by atoms with Gasteiger partial charge >= 0.3 is 10.6 Å². The molecule has 1 saturated heterocycles. The molecule has 1 aliphatic rings. The molecule has 0 aliphatic carbocycles. The van der Waals surface area contributed by atoms with Crippen LogP contribution < -0.4 is 10.6 Å². The van der Waals surface area contributed by atoms with E-state index in [4.69, 9.17) is 11.6 Å². The van der Waals surface area contributed by atoms with E-state index in [9.17, 15) is 9.59 Å². The molecule has 4 rings (SSSR count). The Kier molecular flexibility index (Phi) is 6.87. The molecule has 0 saturated carbocycles. The van der Waals surface area contributed by atoms with Crippen LogP contribution in [-0.2, 0) is 19.6 Å². The standard InChI is InChI=1S/C23H26ClN3O2S/c24-21-8-6-20(7-9-21)17-26-22(28)27(30-23(26)29)15-12-18-10-13-25(14-11-18)16-19-4-2-1-3-5-19/h1-9,18H,10-17H2. The number of nitrogens with zero attached hydrogens (tertiary/aromatic N) is 3. The number of hydrogen-bond acceptors (Lipinski definition) is 4. The van der Waals surface area contributed by atoms with Crippen LogP contribution in [-0.4, -0.2) is 26.5 Å². The highest BCUT2D eigenvalue weighted by atomic mass is 35.5. The minimum Gasteiger partial charge on any atom is -0.299 e. The quantitative estimate of drug-likeness (QED) is 0.553. The molecule has 30 heavy (non-hydrogen) atoms. The third-order valence-electron chi connectivity index (χ3n) is 5.80. The first-order valence-electron chi connectivity index (χ1n) is 10.4. The van der Waals surface area contributed by atoms with E-state index in [2.05, 4.69) is 35.2 Å². The second-order valence-corrected chi connectivity index (χ2v) is 9.36. The van der Waals surface area contributed by atoms with Crippen molar-refractivity contribution in [3.8, 4) is 0 Å². The highest BCUT2D eigenvalue weighted by molar-refractivity contribution is 7.03. The molecule has 1 aliphatic heterocycles. The van der Waals surface area contributed by atoms with Gasteiger partial charge in [-0.15, -0.1) is 0 Å². The average molecular weight is 444 g/mol. The summed E-state index contributed by atoms with van der Waals surface area (Å²) in [6.07, 6.45) is 3.23. The number of hydrogen-bond donors (Lipinski definition) is 0. The van der Waals surface area contributed by atoms with Gasteiger partial charge in [-0.25, -0.2) is 13.3 Å². The topological polar surface area (TPSA) is 47.2 Å². The summed E-state index contributed by atoms with van der Waals surface area (Å²) in [6, 6.07) is 17.8. The Morgan fingerprint density at radius 1 is 0.900 bits per heavy atom. The summed E-state index contributed by atoms with van der Waals surface area (Å²) in [5.74, 6) is 0.603. The zero-order valence-electron chi connectivity index (χ0n) is 16.9. The van der Waals surface area contributed by atoms with Gasteiger partial charge in [-0.1, -0.05) is 54.1 Å². The minimum absolute atomic E-state index is 0.201. The lowest BCUT2D eigenvalue weighted by molar-refractivity contribution is 0.169. The van der Waals surface area contributed by atoms with E-state index >= 15 is 0 Å². The van der Waals surface area contributed by atoms with Crippen LogP contribution >= 0.6 is 23.1 Å². The first-order chi connectivity index (χ1) is 14.6. The lowest BCUT2D eigenvalue weighted by Crippen LogP contribution is -2.34. The average Bonchev–Trinajstić information content (AvgIpc) is 3.03. The van der Waals surface area contributed by atoms with Crippen LogP contribution in [0.2, 0.25) is 5.02 Å². The molecule has 158 valence electrons. The molecule has 0 atom stereocenters. The van der Waals surface area contributed by atoms with Gasteiger partial charge in [0.1, 0.15) is 0 Å². The molecule has 0 radical (unpaired) electrons. The number of rotatable bonds is 7. The second kappa shape index (κ2) is 9.77. The van der Waals surface area contributed by atoms with Crippen LogP contribution in [0.15, 0.2) is 64.2 Å². The fourth-order valence-electron chi connectivity index (χ4n) is 4.02. The molecular formula is C23H26ClN3O2S. The molecule has 1 fully saturated rings. The van der Waals surface area contributed by atoms with Gasteiger partial charge in [-0.3, -0.25) is 9.69 Å². The van der Waals surface area contributed by atoms with Crippen molar-refractivity contribution >= 4 is 23.1 Å². The number of benzene rings is 2. The summed E-state index contributed by atoms with van der Waals surface area (Å²) in [5.41, 5.74) is 2.05. The molecule has 0 unspecified atom stereocenters. The summed E-state index contributed by atoms with van der Waals surface area (Å²) in [4.78, 5) is 27.3. The first-order valence-corrected chi connectivity index (χ1v) is 11.6. The van der Waals surface area contributed by atoms with Crippen molar-refractivity contribution in [1.82, 2.24) is 13.4 Å². The zero-order valence-corrected chi connectivity index (χ0v) is 18.4. The van der Waals surface area contributed by atoms with Crippen molar-refractivity contribution in [2.75, 3.05) is 13.1 Å². The summed E-state index contributed by atoms with van der Waals surface area (Å²) in [7, 11) is 0. The van der Waals surface area contributed by atoms with E-state index in [1.54, 1.807) is 16.1 Å². The molecule has 0 amide bonds. The predicted molar refractivity (Wildman–Crippen MR) is 122 cm³/mol. The van der Waals surface area contributed by atoms with Gasteiger partial charge < -0.3 is 0 Å². The largest absolute Gasteiger partial charge is 0.341 e. The van der Waals surface area contributed by atoms with E-state index in [1.807, 2.05) is 12.1 Å². The maximum atomic E-state index is 12.7. The van der Waals surface area contributed by atoms with Crippen LogP contribution in [0, 0.1) is 5.92 Å². The molecule has 1 aromatic heterocycles. The molecule has 2 aromatic carbocycles. The van der Waals surface area contributed by atoms with Crippen molar-refractivity contribution < 1.29 is 0 Å². The lowest BCUT2D eigenvalue weighted by atomic mass is 9.93. The molecule has 0 N–H and O–H groups in total. The van der Waals surface area contributed by atoms with E-state index < -0.39 is 0 Å². The molecule has 7 heteroatoms. The van der Waals surface area contributed by atoms with E-state index in [0.717, 1.165) is 56.0 Å². The van der Waals surface area contributed by atoms with Crippen LogP contribution in [0.5, 0.6) is 0 Å². The monoisotopic (exact) mass is 443 g/mol. The predicted octanol–water partition coefficient (Wildman–Crippen LogP) is 4.08. The van der Waals surface area contributed by atoms with Crippen molar-refractivity contribution in [1.29, 1.82) is 0 Å². The van der Waals surface area contributed by atoms with Gasteiger partial charge in [0, 0.05) is 29.6 Å². The van der Waals surface area contributed by atoms with Gasteiger partial charge in [-0.2, -0.15) is 0 Å². The normalized spacial score (nSPS) is 15.5. The van der Waals surface area contributed by atoms with Crippen molar-refractivity contribution in [3.05, 3.63) is 90.9 Å². The van der Waals surface area contributed by atoms with Gasteiger partial charge in [0.05, 0.1) is 6.54 Å². The fourth-order valence-corrected chi connectivity index (χ4v) is 4.94. The number of likely N-dealkylation sites (tertiary alicyclic amines) is 1. The lowest BCUT2D eigenvalue weighted by Gasteiger charge is -2.32. The maximum Gasteiger partial charge on any atom is 0.341 e. The highest BCUT2D eigenvalue weighted by Gasteiger charge is 2.20. The minimum atomic E-state index is -0.207. The molecule has 5 nitrogen and oxygen atoms in total. The van der Waals surface area contributed by atoms with Crippen molar-refractivity contribution in [3.63, 3.8) is 0 Å². The molecule has 0 spiro atoms. The molecule has 0 bridgehead atoms. The fraction of sp³-hybridized carbons (Fsp3) is 0.391. The number of aromatic nitrogens is 2. The van der Waals surface area contributed by atoms with Gasteiger partial charge in [0.15, 0.2) is 0 Å². The van der Waals surface area contributed by atoms with Gasteiger partial charge in [0.2, 0.25) is 0 Å². The Balaban J connectivity index is 1.30. The second-order valence-electron chi connectivity index (χ2n) is 7.95. The Morgan fingerprint density at radius 3 is 2.27 bits per heavy atom. The number of piperidine rings is 1. The first kappa shape index (κ1) is 21.1. The SMILES string of the molecule is O=c1sn(CCC2CCN(Cc3ccccc3)CC2)c(=O)n1Cc1ccc(Cl)cc1. The highest BCUT2D eigenvalue weighted by Crippen LogP contribution is 2.22. The van der Waals surface area contributed by atoms with E-state index in [0.29, 0.717) is 17.5 Å². The molecule has 2 heterocycles. The Bertz CT molecular complexity index is 1060. The van der Waals surface area contributed by atoms with Crippen molar-refractivity contribution in [2.45, 2.75) is 38.9 Å². The maximum absolute atomic E-state index is 12.7. The number of aryl methyl sites for hydroxylation is 1. The molecule has 3 aromatic rings. The van der Waals surface area contributed by atoms with Gasteiger partial charge in [0.25, 0.3) is 0 Å². The summed E-state index contributed by atoms with van der Waals surface area (Å²) in [5, 5.41) is 0.642. The number of halogens is 1. The van der Waals surface area contributed by atoms with Crippen LogP contribution in [0.25, 0.3) is 0 Å². The molecular weight excluding hydrogens is 418 g/mol. The Morgan fingerprint density at radius 2 is 1.57 bits per heavy atom. The Labute approximate surface area is 185 Å². The Hall–Kier alpha value is -2.15. The van der Waals surface area contributed by atoms with Crippen LogP contribution in [0.3, 0.4) is 0 Å². The summed E-state index contributed by atoms with van der Waals surface area (Å²) in [6.45, 7) is 4.08. The van der Waals surface area contributed by atoms with E-state index in [-0.39, 0.29) is 17.1 Å². The van der Waals surface area contributed by atoms with Crippen molar-refractivity contribution in [2.24, 2.45) is 5.92 Å².